The summed E-state index contributed by atoms with van der Waals surface area (Å²) in [7, 11) is 0. The molecule has 0 amide bonds. The molecule has 1 saturated heterocycles. The number of nitrogens with zero attached hydrogens (tertiary/aromatic N) is 4. The number of hydrogen-bond acceptors (Lipinski definition) is 6. The summed E-state index contributed by atoms with van der Waals surface area (Å²) in [4.78, 5) is 12.7. The number of imidazole rings is 1. The van der Waals surface area contributed by atoms with E-state index in [0.29, 0.717) is 17.0 Å². The lowest BCUT2D eigenvalue weighted by Gasteiger charge is -2.13. The lowest BCUT2D eigenvalue weighted by atomic mass is 10.2. The first kappa shape index (κ1) is 14.2. The minimum atomic E-state index is -1.18. The predicted molar refractivity (Wildman–Crippen MR) is 74.6 cm³/mol. The van der Waals surface area contributed by atoms with Crippen molar-refractivity contribution in [2.75, 3.05) is 18.5 Å². The molecule has 0 aliphatic carbocycles. The van der Waals surface area contributed by atoms with Crippen molar-refractivity contribution in [3.05, 3.63) is 12.7 Å². The second-order valence-corrected chi connectivity index (χ2v) is 5.04. The third kappa shape index (κ3) is 2.56. The van der Waals surface area contributed by atoms with Gasteiger partial charge in [0.1, 0.15) is 24.8 Å². The summed E-state index contributed by atoms with van der Waals surface area (Å²) >= 11 is 0. The van der Waals surface area contributed by atoms with Crippen LogP contribution in [0.1, 0.15) is 26.0 Å². The molecule has 1 aliphatic rings. The molecule has 3 heterocycles. The number of aliphatic hydroxyl groups is 1. The van der Waals surface area contributed by atoms with Crippen LogP contribution in [0.25, 0.3) is 11.2 Å². The van der Waals surface area contributed by atoms with Crippen molar-refractivity contribution in [1.82, 2.24) is 19.5 Å². The second kappa shape index (κ2) is 5.90. The number of ether oxygens (including phenoxy) is 1. The Balaban J connectivity index is 1.90. The fourth-order valence-electron chi connectivity index (χ4n) is 2.46. The van der Waals surface area contributed by atoms with Gasteiger partial charge in [-0.1, -0.05) is 6.92 Å². The third-order valence-corrected chi connectivity index (χ3v) is 3.55. The van der Waals surface area contributed by atoms with Gasteiger partial charge in [-0.25, -0.2) is 19.3 Å². The van der Waals surface area contributed by atoms with E-state index in [1.807, 2.05) is 0 Å². The Morgan fingerprint density at radius 3 is 3.05 bits per heavy atom. The Morgan fingerprint density at radius 2 is 2.33 bits per heavy atom. The van der Waals surface area contributed by atoms with Gasteiger partial charge in [0.25, 0.3) is 0 Å². The molecule has 114 valence electrons. The second-order valence-electron chi connectivity index (χ2n) is 5.04. The third-order valence-electron chi connectivity index (χ3n) is 3.55. The standard InChI is InChI=1S/C13H18FN5O2/c1-2-3-15-12-11-13(17-6-16-12)19(7-18-11)10-4-8(14)9(5-20)21-10/h6-10,20H,2-5H2,1H3,(H,15,16,17)/t8-,9+,10+/m0/s1. The van der Waals surface area contributed by atoms with Gasteiger partial charge in [-0.05, 0) is 6.42 Å². The molecule has 3 atom stereocenters. The molecule has 7 nitrogen and oxygen atoms in total. The van der Waals surface area contributed by atoms with Crippen molar-refractivity contribution in [2.45, 2.75) is 38.3 Å². The zero-order chi connectivity index (χ0) is 14.8. The highest BCUT2D eigenvalue weighted by atomic mass is 19.1. The maximum atomic E-state index is 13.7. The van der Waals surface area contributed by atoms with Crippen LogP contribution in [0.5, 0.6) is 0 Å². The fourth-order valence-corrected chi connectivity index (χ4v) is 2.46. The topological polar surface area (TPSA) is 85.1 Å². The Hall–Kier alpha value is -1.80. The Bertz CT molecular complexity index is 620. The van der Waals surface area contributed by atoms with Crippen molar-refractivity contribution < 1.29 is 14.2 Å². The van der Waals surface area contributed by atoms with Crippen LogP contribution in [-0.4, -0.2) is 50.1 Å². The molecule has 2 N–H and O–H groups in total. The summed E-state index contributed by atoms with van der Waals surface area (Å²) < 4.78 is 20.9. The van der Waals surface area contributed by atoms with Gasteiger partial charge in [0.2, 0.25) is 0 Å². The van der Waals surface area contributed by atoms with Gasteiger partial charge in [-0.15, -0.1) is 0 Å². The molecule has 0 aromatic carbocycles. The lowest BCUT2D eigenvalue weighted by molar-refractivity contribution is -0.0323. The molecule has 8 heteroatoms. The van der Waals surface area contributed by atoms with E-state index in [-0.39, 0.29) is 13.0 Å². The number of halogens is 1. The van der Waals surface area contributed by atoms with E-state index in [9.17, 15) is 4.39 Å². The summed E-state index contributed by atoms with van der Waals surface area (Å²) in [6, 6.07) is 0. The number of alkyl halides is 1. The van der Waals surface area contributed by atoms with Crippen LogP contribution in [0.15, 0.2) is 12.7 Å². The fraction of sp³-hybridized carbons (Fsp3) is 0.615. The number of fused-ring (bicyclic) bond motifs is 1. The maximum Gasteiger partial charge on any atom is 0.167 e. The average Bonchev–Trinajstić information content (AvgIpc) is 3.08. The summed E-state index contributed by atoms with van der Waals surface area (Å²) in [6.07, 6.45) is 1.70. The molecule has 0 radical (unpaired) electrons. The Morgan fingerprint density at radius 1 is 1.48 bits per heavy atom. The van der Waals surface area contributed by atoms with Gasteiger partial charge in [0, 0.05) is 13.0 Å². The molecule has 0 spiro atoms. The van der Waals surface area contributed by atoms with Gasteiger partial charge in [-0.3, -0.25) is 4.57 Å². The van der Waals surface area contributed by atoms with Crippen LogP contribution in [0.2, 0.25) is 0 Å². The summed E-state index contributed by atoms with van der Waals surface area (Å²) in [5, 5.41) is 12.3. The minimum absolute atomic E-state index is 0.179. The monoisotopic (exact) mass is 295 g/mol. The summed E-state index contributed by atoms with van der Waals surface area (Å²) in [6.45, 7) is 2.52. The molecule has 1 fully saturated rings. The predicted octanol–water partition coefficient (Wildman–Crippen LogP) is 1.27. The van der Waals surface area contributed by atoms with Crippen molar-refractivity contribution in [3.63, 3.8) is 0 Å². The molecule has 21 heavy (non-hydrogen) atoms. The van der Waals surface area contributed by atoms with Gasteiger partial charge in [-0.2, -0.15) is 0 Å². The van der Waals surface area contributed by atoms with Gasteiger partial charge in [0.05, 0.1) is 12.9 Å². The highest BCUT2D eigenvalue weighted by molar-refractivity contribution is 5.82. The van der Waals surface area contributed by atoms with Crippen molar-refractivity contribution in [1.29, 1.82) is 0 Å². The van der Waals surface area contributed by atoms with Crippen LogP contribution in [0.4, 0.5) is 10.2 Å². The first-order valence-electron chi connectivity index (χ1n) is 7.06. The Labute approximate surface area is 121 Å². The molecule has 0 saturated carbocycles. The highest BCUT2D eigenvalue weighted by Crippen LogP contribution is 2.33. The molecule has 2 aromatic heterocycles. The number of aromatic nitrogens is 4. The lowest BCUT2D eigenvalue weighted by Crippen LogP contribution is -2.21. The first-order chi connectivity index (χ1) is 10.2. The van der Waals surface area contributed by atoms with E-state index in [2.05, 4.69) is 27.2 Å². The molecule has 0 unspecified atom stereocenters. The molecular weight excluding hydrogens is 277 g/mol. The average molecular weight is 295 g/mol. The van der Waals surface area contributed by atoms with Crippen molar-refractivity contribution in [2.24, 2.45) is 0 Å². The largest absolute Gasteiger partial charge is 0.394 e. The van der Waals surface area contributed by atoms with Gasteiger partial charge < -0.3 is 15.2 Å². The van der Waals surface area contributed by atoms with Gasteiger partial charge >= 0.3 is 0 Å². The molecule has 2 aromatic rings. The number of hydrogen-bond donors (Lipinski definition) is 2. The normalized spacial score (nSPS) is 25.6. The van der Waals surface area contributed by atoms with E-state index < -0.39 is 18.5 Å². The number of nitrogens with one attached hydrogen (secondary N) is 1. The van der Waals surface area contributed by atoms with E-state index >= 15 is 0 Å². The molecule has 1 aliphatic heterocycles. The maximum absolute atomic E-state index is 13.7. The molecular formula is C13H18FN5O2. The van der Waals surface area contributed by atoms with Gasteiger partial charge in [0.15, 0.2) is 17.0 Å². The zero-order valence-corrected chi connectivity index (χ0v) is 11.7. The molecule has 3 rings (SSSR count). The number of aliphatic hydroxyl groups excluding tert-OH is 1. The van der Waals surface area contributed by atoms with Crippen LogP contribution in [0, 0.1) is 0 Å². The van der Waals surface area contributed by atoms with Crippen LogP contribution < -0.4 is 5.32 Å². The van der Waals surface area contributed by atoms with Crippen LogP contribution >= 0.6 is 0 Å². The smallest absolute Gasteiger partial charge is 0.167 e. The number of rotatable bonds is 5. The van der Waals surface area contributed by atoms with Crippen LogP contribution in [0.3, 0.4) is 0 Å². The first-order valence-corrected chi connectivity index (χ1v) is 7.06. The van der Waals surface area contributed by atoms with E-state index in [1.165, 1.54) is 6.33 Å². The Kier molecular flexibility index (Phi) is 3.98. The summed E-state index contributed by atoms with van der Waals surface area (Å²) in [5.74, 6) is 0.661. The zero-order valence-electron chi connectivity index (χ0n) is 11.7. The number of anilines is 1. The van der Waals surface area contributed by atoms with Crippen molar-refractivity contribution >= 4 is 17.0 Å². The molecule has 0 bridgehead atoms. The quantitative estimate of drug-likeness (QED) is 0.864. The minimum Gasteiger partial charge on any atom is -0.394 e. The van der Waals surface area contributed by atoms with E-state index in [1.54, 1.807) is 10.9 Å². The van der Waals surface area contributed by atoms with Crippen LogP contribution in [-0.2, 0) is 4.74 Å². The van der Waals surface area contributed by atoms with E-state index in [4.69, 9.17) is 9.84 Å². The summed E-state index contributed by atoms with van der Waals surface area (Å²) in [5.41, 5.74) is 1.23. The van der Waals surface area contributed by atoms with E-state index in [0.717, 1.165) is 13.0 Å². The van der Waals surface area contributed by atoms with Crippen molar-refractivity contribution in [3.8, 4) is 0 Å². The SMILES string of the molecule is CCCNc1ncnc2c1ncn2[C@H]1C[C@H](F)[C@@H](CO)O1. The highest BCUT2D eigenvalue weighted by Gasteiger charge is 2.36.